The molecular formula is C14H19F2NS. The van der Waals surface area contributed by atoms with Crippen molar-refractivity contribution in [1.82, 2.24) is 5.32 Å². The van der Waals surface area contributed by atoms with Crippen LogP contribution in [-0.4, -0.2) is 17.5 Å². The van der Waals surface area contributed by atoms with Gasteiger partial charge in [-0.1, -0.05) is 24.3 Å². The Balaban J connectivity index is 1.80. The number of halogens is 2. The molecule has 2 rings (SSSR count). The first-order valence-electron chi connectivity index (χ1n) is 6.32. The summed E-state index contributed by atoms with van der Waals surface area (Å²) in [5, 5.41) is 4.29. The lowest BCUT2D eigenvalue weighted by atomic mass is 10.1. The molecule has 18 heavy (non-hydrogen) atoms. The van der Waals surface area contributed by atoms with Gasteiger partial charge in [-0.3, -0.25) is 0 Å². The smallest absolute Gasteiger partial charge is 0.263 e. The molecule has 1 aliphatic rings. The van der Waals surface area contributed by atoms with Crippen molar-refractivity contribution in [1.29, 1.82) is 0 Å². The van der Waals surface area contributed by atoms with Gasteiger partial charge in [-0.2, -0.15) is 11.8 Å². The Morgan fingerprint density at radius 1 is 1.28 bits per heavy atom. The number of thioether (sulfide) groups is 1. The third kappa shape index (κ3) is 3.69. The van der Waals surface area contributed by atoms with E-state index in [2.05, 4.69) is 11.6 Å². The third-order valence-corrected chi connectivity index (χ3v) is 4.64. The zero-order chi connectivity index (χ0) is 13.0. The molecule has 0 aromatic heterocycles. The number of nitrogens with one attached hydrogen (secondary N) is 1. The van der Waals surface area contributed by atoms with E-state index in [9.17, 15) is 8.78 Å². The van der Waals surface area contributed by atoms with Crippen LogP contribution in [0.5, 0.6) is 0 Å². The number of benzene rings is 1. The van der Waals surface area contributed by atoms with Crippen LogP contribution in [0.1, 0.15) is 36.8 Å². The van der Waals surface area contributed by atoms with E-state index in [0.29, 0.717) is 6.04 Å². The summed E-state index contributed by atoms with van der Waals surface area (Å²) in [6.45, 7) is 0.773. The van der Waals surface area contributed by atoms with Crippen molar-refractivity contribution in [2.75, 3.05) is 6.26 Å². The van der Waals surface area contributed by atoms with Crippen LogP contribution >= 0.6 is 11.8 Å². The highest BCUT2D eigenvalue weighted by atomic mass is 32.2. The maximum atomic E-state index is 12.4. The van der Waals surface area contributed by atoms with Crippen LogP contribution in [0.25, 0.3) is 0 Å². The third-order valence-electron chi connectivity index (χ3n) is 3.54. The van der Waals surface area contributed by atoms with Gasteiger partial charge in [0, 0.05) is 23.4 Å². The number of hydrogen-bond acceptors (Lipinski definition) is 2. The lowest BCUT2D eigenvalue weighted by Crippen LogP contribution is -2.26. The Bertz CT molecular complexity index is 367. The lowest BCUT2D eigenvalue weighted by molar-refractivity contribution is 0.151. The van der Waals surface area contributed by atoms with Crippen LogP contribution in [0.15, 0.2) is 24.3 Å². The van der Waals surface area contributed by atoms with E-state index in [1.807, 2.05) is 11.8 Å². The molecule has 1 nitrogen and oxygen atoms in total. The minimum Gasteiger partial charge on any atom is -0.310 e. The standard InChI is InChI=1S/C14H19F2NS/c1-18-13-7-6-12(8-13)17-9-10-2-4-11(5-3-10)14(15)16/h2-5,12-14,17H,6-9H2,1H3. The summed E-state index contributed by atoms with van der Waals surface area (Å²) in [4.78, 5) is 0. The minimum absolute atomic E-state index is 0.0991. The highest BCUT2D eigenvalue weighted by Gasteiger charge is 2.23. The Kier molecular flexibility index (Phi) is 5.01. The highest BCUT2D eigenvalue weighted by Crippen LogP contribution is 2.28. The average molecular weight is 271 g/mol. The van der Waals surface area contributed by atoms with Crippen LogP contribution < -0.4 is 5.32 Å². The molecule has 0 heterocycles. The van der Waals surface area contributed by atoms with Gasteiger partial charge in [0.15, 0.2) is 0 Å². The summed E-state index contributed by atoms with van der Waals surface area (Å²) in [5.74, 6) is 0. The van der Waals surface area contributed by atoms with E-state index in [4.69, 9.17) is 0 Å². The summed E-state index contributed by atoms with van der Waals surface area (Å²) < 4.78 is 24.8. The highest BCUT2D eigenvalue weighted by molar-refractivity contribution is 7.99. The molecule has 100 valence electrons. The summed E-state index contributed by atoms with van der Waals surface area (Å²) >= 11 is 1.94. The molecule has 2 atom stereocenters. The van der Waals surface area contributed by atoms with Gasteiger partial charge >= 0.3 is 0 Å². The van der Waals surface area contributed by atoms with Gasteiger partial charge in [0.2, 0.25) is 0 Å². The van der Waals surface area contributed by atoms with E-state index in [1.165, 1.54) is 31.4 Å². The monoisotopic (exact) mass is 271 g/mol. The molecule has 1 fully saturated rings. The predicted molar refractivity (Wildman–Crippen MR) is 73.2 cm³/mol. The minimum atomic E-state index is -2.37. The van der Waals surface area contributed by atoms with Gasteiger partial charge in [0.1, 0.15) is 0 Å². The molecule has 4 heteroatoms. The van der Waals surface area contributed by atoms with Crippen molar-refractivity contribution < 1.29 is 8.78 Å². The Labute approximate surface area is 111 Å². The van der Waals surface area contributed by atoms with Gasteiger partial charge in [-0.25, -0.2) is 8.78 Å². The van der Waals surface area contributed by atoms with Crippen molar-refractivity contribution in [3.8, 4) is 0 Å². The van der Waals surface area contributed by atoms with Gasteiger partial charge in [0.25, 0.3) is 6.43 Å². The van der Waals surface area contributed by atoms with Crippen molar-refractivity contribution >= 4 is 11.8 Å². The second kappa shape index (κ2) is 6.53. The van der Waals surface area contributed by atoms with Gasteiger partial charge in [0.05, 0.1) is 0 Å². The molecule has 0 aliphatic heterocycles. The van der Waals surface area contributed by atoms with E-state index < -0.39 is 6.43 Å². The second-order valence-electron chi connectivity index (χ2n) is 4.79. The van der Waals surface area contributed by atoms with Crippen molar-refractivity contribution in [2.45, 2.75) is 43.5 Å². The molecule has 0 bridgehead atoms. The summed E-state index contributed by atoms with van der Waals surface area (Å²) in [6, 6.07) is 7.18. The van der Waals surface area contributed by atoms with Crippen LogP contribution in [-0.2, 0) is 6.54 Å². The Morgan fingerprint density at radius 3 is 2.56 bits per heavy atom. The largest absolute Gasteiger partial charge is 0.310 e. The number of hydrogen-bond donors (Lipinski definition) is 1. The second-order valence-corrected chi connectivity index (χ2v) is 5.93. The molecule has 0 saturated heterocycles. The SMILES string of the molecule is CSC1CCC(NCc2ccc(C(F)F)cc2)C1. The van der Waals surface area contributed by atoms with E-state index in [1.54, 1.807) is 12.1 Å². The van der Waals surface area contributed by atoms with Crippen molar-refractivity contribution in [3.05, 3.63) is 35.4 Å². The fourth-order valence-corrected chi connectivity index (χ4v) is 3.18. The van der Waals surface area contributed by atoms with Gasteiger partial charge < -0.3 is 5.32 Å². The summed E-state index contributed by atoms with van der Waals surface area (Å²) in [6.07, 6.45) is 3.51. The molecule has 2 unspecified atom stereocenters. The Hall–Kier alpha value is -0.610. The number of rotatable bonds is 5. The molecule has 1 aromatic carbocycles. The first-order valence-corrected chi connectivity index (χ1v) is 7.61. The van der Waals surface area contributed by atoms with Crippen LogP contribution in [0.4, 0.5) is 8.78 Å². The zero-order valence-corrected chi connectivity index (χ0v) is 11.4. The molecule has 0 spiro atoms. The van der Waals surface area contributed by atoms with Crippen molar-refractivity contribution in [2.24, 2.45) is 0 Å². The Morgan fingerprint density at radius 2 is 2.00 bits per heavy atom. The molecule has 1 aromatic rings. The first kappa shape index (κ1) is 13.8. The van der Waals surface area contributed by atoms with Crippen LogP contribution in [0.2, 0.25) is 0 Å². The topological polar surface area (TPSA) is 12.0 Å². The summed E-state index contributed by atoms with van der Waals surface area (Å²) in [7, 11) is 0. The van der Waals surface area contributed by atoms with E-state index >= 15 is 0 Å². The summed E-state index contributed by atoms with van der Waals surface area (Å²) in [5.41, 5.74) is 1.18. The quantitative estimate of drug-likeness (QED) is 0.868. The fourth-order valence-electron chi connectivity index (χ4n) is 2.38. The normalized spacial score (nSPS) is 23.8. The average Bonchev–Trinajstić information content (AvgIpc) is 2.85. The van der Waals surface area contributed by atoms with Gasteiger partial charge in [-0.15, -0.1) is 0 Å². The first-order chi connectivity index (χ1) is 8.69. The van der Waals surface area contributed by atoms with Gasteiger partial charge in [-0.05, 0) is 31.1 Å². The zero-order valence-electron chi connectivity index (χ0n) is 10.5. The van der Waals surface area contributed by atoms with Crippen LogP contribution in [0, 0.1) is 0 Å². The predicted octanol–water partition coefficient (Wildman–Crippen LogP) is 4.00. The van der Waals surface area contributed by atoms with Crippen molar-refractivity contribution in [3.63, 3.8) is 0 Å². The maximum absolute atomic E-state index is 12.4. The molecule has 1 saturated carbocycles. The molecule has 0 amide bonds. The van der Waals surface area contributed by atoms with E-state index in [0.717, 1.165) is 17.4 Å². The molecular weight excluding hydrogens is 252 g/mol. The van der Waals surface area contributed by atoms with E-state index in [-0.39, 0.29) is 5.56 Å². The van der Waals surface area contributed by atoms with Crippen LogP contribution in [0.3, 0.4) is 0 Å². The molecule has 0 radical (unpaired) electrons. The molecule has 1 aliphatic carbocycles. The maximum Gasteiger partial charge on any atom is 0.263 e. The lowest BCUT2D eigenvalue weighted by Gasteiger charge is -2.13. The number of alkyl halides is 2. The fraction of sp³-hybridized carbons (Fsp3) is 0.571. The molecule has 1 N–H and O–H groups in total.